The monoisotopic (exact) mass is 384 g/mol. The van der Waals surface area contributed by atoms with Crippen molar-refractivity contribution >= 4 is 35.1 Å². The summed E-state index contributed by atoms with van der Waals surface area (Å²) in [6.45, 7) is 1.37. The first-order chi connectivity index (χ1) is 13.4. The average Bonchev–Trinajstić information content (AvgIpc) is 3.02. The first-order valence-electron chi connectivity index (χ1n) is 8.59. The maximum atomic E-state index is 13.6. The molecule has 1 heterocycles. The summed E-state index contributed by atoms with van der Waals surface area (Å²) < 4.78 is 18.7. The Hall–Kier alpha value is -3.55. The highest BCUT2D eigenvalue weighted by molar-refractivity contribution is 6.19. The summed E-state index contributed by atoms with van der Waals surface area (Å²) >= 11 is 0. The lowest BCUT2D eigenvalue weighted by Gasteiger charge is -2.15. The third-order valence-corrected chi connectivity index (χ3v) is 4.20. The Morgan fingerprint density at radius 1 is 1.04 bits per heavy atom. The predicted octanol–water partition coefficient (Wildman–Crippen LogP) is 2.66. The summed E-state index contributed by atoms with van der Waals surface area (Å²) in [7, 11) is 0. The number of halogens is 1. The number of carbonyl (C=O) groups is 4. The number of amides is 3. The third kappa shape index (κ3) is 4.06. The lowest BCUT2D eigenvalue weighted by Crippen LogP contribution is -2.30. The molecule has 28 heavy (non-hydrogen) atoms. The Balaban J connectivity index is 1.62. The van der Waals surface area contributed by atoms with Crippen molar-refractivity contribution in [1.82, 2.24) is 0 Å². The molecule has 1 N–H and O–H groups in total. The van der Waals surface area contributed by atoms with Crippen molar-refractivity contribution in [2.75, 3.05) is 10.2 Å². The van der Waals surface area contributed by atoms with E-state index in [1.807, 2.05) is 0 Å². The lowest BCUT2D eigenvalue weighted by molar-refractivity contribution is -0.124. The Labute approximate surface area is 160 Å². The van der Waals surface area contributed by atoms with Gasteiger partial charge in [-0.15, -0.1) is 0 Å². The fourth-order valence-corrected chi connectivity index (χ4v) is 2.69. The second-order valence-electron chi connectivity index (χ2n) is 6.19. The molecule has 0 radical (unpaired) electrons. The molecular formula is C20H17FN2O5. The Morgan fingerprint density at radius 3 is 2.25 bits per heavy atom. The van der Waals surface area contributed by atoms with Gasteiger partial charge in [0, 0.05) is 12.8 Å². The molecule has 1 fully saturated rings. The van der Waals surface area contributed by atoms with Gasteiger partial charge in [0.05, 0.1) is 16.9 Å². The maximum absolute atomic E-state index is 13.6. The van der Waals surface area contributed by atoms with Crippen molar-refractivity contribution in [2.24, 2.45) is 0 Å². The van der Waals surface area contributed by atoms with Crippen LogP contribution in [0.5, 0.6) is 0 Å². The molecule has 1 aliphatic rings. The molecule has 3 amide bonds. The van der Waals surface area contributed by atoms with E-state index in [0.29, 0.717) is 5.69 Å². The van der Waals surface area contributed by atoms with Crippen molar-refractivity contribution in [3.8, 4) is 0 Å². The summed E-state index contributed by atoms with van der Waals surface area (Å²) in [6.07, 6.45) is -0.831. The topological polar surface area (TPSA) is 92.8 Å². The second-order valence-corrected chi connectivity index (χ2v) is 6.19. The van der Waals surface area contributed by atoms with E-state index in [-0.39, 0.29) is 35.9 Å². The predicted molar refractivity (Wildman–Crippen MR) is 98.1 cm³/mol. The number of imide groups is 1. The highest BCUT2D eigenvalue weighted by atomic mass is 19.1. The molecule has 0 aromatic heterocycles. The van der Waals surface area contributed by atoms with Crippen LogP contribution in [-0.2, 0) is 19.1 Å². The SMILES string of the molecule is CC(OC(=O)c1ccc(N2C(=O)CCC2=O)cc1)C(=O)Nc1ccccc1F. The molecule has 0 saturated carbocycles. The Morgan fingerprint density at radius 2 is 1.64 bits per heavy atom. The first-order valence-corrected chi connectivity index (χ1v) is 8.59. The van der Waals surface area contributed by atoms with Gasteiger partial charge in [-0.2, -0.15) is 0 Å². The van der Waals surface area contributed by atoms with Gasteiger partial charge in [-0.3, -0.25) is 19.3 Å². The largest absolute Gasteiger partial charge is 0.449 e. The zero-order valence-electron chi connectivity index (χ0n) is 15.0. The van der Waals surface area contributed by atoms with Crippen LogP contribution in [0.4, 0.5) is 15.8 Å². The minimum atomic E-state index is -1.16. The molecule has 0 spiro atoms. The van der Waals surface area contributed by atoms with Crippen molar-refractivity contribution in [1.29, 1.82) is 0 Å². The maximum Gasteiger partial charge on any atom is 0.338 e. The van der Waals surface area contributed by atoms with Gasteiger partial charge in [-0.1, -0.05) is 12.1 Å². The first kappa shape index (κ1) is 19.2. The molecule has 2 aromatic rings. The normalized spacial score (nSPS) is 14.7. The van der Waals surface area contributed by atoms with E-state index in [4.69, 9.17) is 4.74 Å². The molecular weight excluding hydrogens is 367 g/mol. The van der Waals surface area contributed by atoms with E-state index in [9.17, 15) is 23.6 Å². The number of anilines is 2. The number of benzene rings is 2. The molecule has 1 unspecified atom stereocenters. The third-order valence-electron chi connectivity index (χ3n) is 4.20. The van der Waals surface area contributed by atoms with Crippen LogP contribution in [0.15, 0.2) is 48.5 Å². The van der Waals surface area contributed by atoms with E-state index < -0.39 is 23.8 Å². The minimum absolute atomic E-state index is 0.0142. The molecule has 1 atom stereocenters. The molecule has 144 valence electrons. The number of carbonyl (C=O) groups excluding carboxylic acids is 4. The minimum Gasteiger partial charge on any atom is -0.449 e. The van der Waals surface area contributed by atoms with E-state index in [1.54, 1.807) is 6.07 Å². The quantitative estimate of drug-likeness (QED) is 0.632. The van der Waals surface area contributed by atoms with Gasteiger partial charge >= 0.3 is 5.97 Å². The standard InChI is InChI=1S/C20H17FN2O5/c1-12(19(26)22-16-5-3-2-4-15(16)21)28-20(27)13-6-8-14(9-7-13)23-17(24)10-11-18(23)25/h2-9,12H,10-11H2,1H3,(H,22,26). The van der Waals surface area contributed by atoms with Gasteiger partial charge in [0.25, 0.3) is 5.91 Å². The molecule has 0 bridgehead atoms. The van der Waals surface area contributed by atoms with E-state index in [2.05, 4.69) is 5.32 Å². The van der Waals surface area contributed by atoms with Gasteiger partial charge in [0.1, 0.15) is 5.82 Å². The van der Waals surface area contributed by atoms with Crippen LogP contribution in [0, 0.1) is 5.82 Å². The molecule has 3 rings (SSSR count). The van der Waals surface area contributed by atoms with Crippen molar-refractivity contribution in [3.63, 3.8) is 0 Å². The molecule has 8 heteroatoms. The second kappa shape index (κ2) is 7.99. The van der Waals surface area contributed by atoms with E-state index >= 15 is 0 Å². The molecule has 1 saturated heterocycles. The summed E-state index contributed by atoms with van der Waals surface area (Å²) in [4.78, 5) is 48.9. The zero-order chi connectivity index (χ0) is 20.3. The number of para-hydroxylation sites is 1. The molecule has 1 aliphatic heterocycles. The number of esters is 1. The highest BCUT2D eigenvalue weighted by Gasteiger charge is 2.30. The number of ether oxygens (including phenoxy) is 1. The van der Waals surface area contributed by atoms with Crippen LogP contribution >= 0.6 is 0 Å². The number of hydrogen-bond acceptors (Lipinski definition) is 5. The number of rotatable bonds is 5. The van der Waals surface area contributed by atoms with Crippen LogP contribution in [0.1, 0.15) is 30.1 Å². The highest BCUT2D eigenvalue weighted by Crippen LogP contribution is 2.23. The van der Waals surface area contributed by atoms with Gasteiger partial charge < -0.3 is 10.1 Å². The lowest BCUT2D eigenvalue weighted by atomic mass is 10.2. The fraction of sp³-hybridized carbons (Fsp3) is 0.200. The zero-order valence-corrected chi connectivity index (χ0v) is 15.0. The van der Waals surface area contributed by atoms with Crippen molar-refractivity contribution < 1.29 is 28.3 Å². The number of nitrogens with zero attached hydrogens (tertiary/aromatic N) is 1. The Bertz CT molecular complexity index is 926. The van der Waals surface area contributed by atoms with Crippen LogP contribution in [0.2, 0.25) is 0 Å². The van der Waals surface area contributed by atoms with Gasteiger partial charge in [0.2, 0.25) is 11.8 Å². The van der Waals surface area contributed by atoms with Crippen LogP contribution in [-0.4, -0.2) is 29.8 Å². The van der Waals surface area contributed by atoms with Gasteiger partial charge in [0.15, 0.2) is 6.10 Å². The number of hydrogen-bond donors (Lipinski definition) is 1. The summed E-state index contributed by atoms with van der Waals surface area (Å²) in [5.74, 6) is -2.63. The van der Waals surface area contributed by atoms with E-state index in [1.165, 1.54) is 49.4 Å². The average molecular weight is 384 g/mol. The molecule has 7 nitrogen and oxygen atoms in total. The van der Waals surface area contributed by atoms with Crippen molar-refractivity contribution in [3.05, 3.63) is 59.9 Å². The van der Waals surface area contributed by atoms with Crippen LogP contribution in [0.25, 0.3) is 0 Å². The summed E-state index contributed by atoms with van der Waals surface area (Å²) in [5.41, 5.74) is 0.502. The van der Waals surface area contributed by atoms with Crippen LogP contribution < -0.4 is 10.2 Å². The fourth-order valence-electron chi connectivity index (χ4n) is 2.69. The molecule has 0 aliphatic carbocycles. The Kier molecular flexibility index (Phi) is 5.49. The smallest absolute Gasteiger partial charge is 0.338 e. The molecule has 2 aromatic carbocycles. The summed E-state index contributed by atoms with van der Waals surface area (Å²) in [5, 5.41) is 2.35. The van der Waals surface area contributed by atoms with Gasteiger partial charge in [-0.25, -0.2) is 9.18 Å². The van der Waals surface area contributed by atoms with Gasteiger partial charge in [-0.05, 0) is 43.3 Å². The van der Waals surface area contributed by atoms with Crippen LogP contribution in [0.3, 0.4) is 0 Å². The van der Waals surface area contributed by atoms with Crippen molar-refractivity contribution in [2.45, 2.75) is 25.9 Å². The number of nitrogens with one attached hydrogen (secondary N) is 1. The summed E-state index contributed by atoms with van der Waals surface area (Å²) in [6, 6.07) is 11.4. The van der Waals surface area contributed by atoms with E-state index in [0.717, 1.165) is 4.90 Å².